The van der Waals surface area contributed by atoms with Gasteiger partial charge in [0.25, 0.3) is 0 Å². The van der Waals surface area contributed by atoms with Crippen LogP contribution < -0.4 is 5.43 Å². The van der Waals surface area contributed by atoms with E-state index in [1.54, 1.807) is 10.9 Å². The lowest BCUT2D eigenvalue weighted by molar-refractivity contribution is -0.117. The number of carbonyl (C=O) groups excluding carboxylic acids is 1. The molecule has 0 aliphatic rings. The molecule has 0 spiro atoms. The van der Waals surface area contributed by atoms with Crippen molar-refractivity contribution in [3.05, 3.63) is 34.6 Å². The van der Waals surface area contributed by atoms with Gasteiger partial charge in [-0.15, -0.1) is 0 Å². The fourth-order valence-electron chi connectivity index (χ4n) is 2.16. The SMILES string of the molecule is CCCC(=O)Nn1c(=S)c(CCC)cc2cccnc21. The molecule has 2 rings (SSSR count). The van der Waals surface area contributed by atoms with Gasteiger partial charge in [0.05, 0.1) is 0 Å². The molecule has 2 heterocycles. The van der Waals surface area contributed by atoms with E-state index in [0.29, 0.717) is 16.7 Å². The number of fused-ring (bicyclic) bond motifs is 1. The summed E-state index contributed by atoms with van der Waals surface area (Å²) in [7, 11) is 0. The summed E-state index contributed by atoms with van der Waals surface area (Å²) in [6, 6.07) is 5.94. The minimum atomic E-state index is -0.0378. The van der Waals surface area contributed by atoms with E-state index in [1.165, 1.54) is 0 Å². The zero-order chi connectivity index (χ0) is 14.5. The molecule has 0 bridgehead atoms. The number of aromatic nitrogens is 2. The molecule has 4 nitrogen and oxygen atoms in total. The van der Waals surface area contributed by atoms with Gasteiger partial charge in [-0.1, -0.05) is 32.5 Å². The predicted molar refractivity (Wildman–Crippen MR) is 83.8 cm³/mol. The molecule has 2 aromatic heterocycles. The van der Waals surface area contributed by atoms with Crippen LogP contribution in [0, 0.1) is 4.64 Å². The van der Waals surface area contributed by atoms with Crippen LogP contribution in [0.5, 0.6) is 0 Å². The van der Waals surface area contributed by atoms with Gasteiger partial charge in [0.1, 0.15) is 4.64 Å². The summed E-state index contributed by atoms with van der Waals surface area (Å²) in [5.41, 5.74) is 4.63. The summed E-state index contributed by atoms with van der Waals surface area (Å²) in [5.74, 6) is -0.0378. The molecule has 106 valence electrons. The molecule has 0 aromatic carbocycles. The van der Waals surface area contributed by atoms with E-state index >= 15 is 0 Å². The summed E-state index contributed by atoms with van der Waals surface area (Å²) in [6.07, 6.45) is 4.90. The molecule has 0 aliphatic carbocycles. The highest BCUT2D eigenvalue weighted by atomic mass is 32.1. The van der Waals surface area contributed by atoms with Crippen LogP contribution in [0.1, 0.15) is 38.7 Å². The van der Waals surface area contributed by atoms with Gasteiger partial charge in [-0.05, 0) is 36.6 Å². The van der Waals surface area contributed by atoms with E-state index in [2.05, 4.69) is 23.4 Å². The van der Waals surface area contributed by atoms with Crippen LogP contribution in [-0.2, 0) is 11.2 Å². The molecular weight excluding hydrogens is 270 g/mol. The lowest BCUT2D eigenvalue weighted by atomic mass is 10.1. The molecule has 0 saturated heterocycles. The molecule has 0 fully saturated rings. The van der Waals surface area contributed by atoms with Crippen molar-refractivity contribution in [2.24, 2.45) is 0 Å². The number of pyridine rings is 2. The number of hydrogen-bond donors (Lipinski definition) is 1. The Hall–Kier alpha value is -1.75. The third-order valence-electron chi connectivity index (χ3n) is 3.07. The standard InChI is InChI=1S/C15H19N3OS/c1-3-6-12-10-11-8-5-9-16-14(11)18(15(12)20)17-13(19)7-4-2/h5,8-10H,3-4,6-7H2,1-2H3,(H,17,19). The second-order valence-electron chi connectivity index (χ2n) is 4.76. The van der Waals surface area contributed by atoms with Crippen LogP contribution in [-0.4, -0.2) is 15.6 Å². The summed E-state index contributed by atoms with van der Waals surface area (Å²) in [4.78, 5) is 16.2. The van der Waals surface area contributed by atoms with Crippen LogP contribution in [0.2, 0.25) is 0 Å². The number of carbonyl (C=O) groups is 1. The number of amides is 1. The molecule has 0 aliphatic heterocycles. The Morgan fingerprint density at radius 2 is 2.20 bits per heavy atom. The quantitative estimate of drug-likeness (QED) is 0.856. The second-order valence-corrected chi connectivity index (χ2v) is 5.15. The molecule has 20 heavy (non-hydrogen) atoms. The number of rotatable bonds is 5. The van der Waals surface area contributed by atoms with E-state index in [9.17, 15) is 4.79 Å². The van der Waals surface area contributed by atoms with Crippen LogP contribution in [0.4, 0.5) is 0 Å². The number of nitrogens with zero attached hydrogens (tertiary/aromatic N) is 2. The topological polar surface area (TPSA) is 46.9 Å². The fraction of sp³-hybridized carbons (Fsp3) is 0.400. The van der Waals surface area contributed by atoms with Crippen molar-refractivity contribution in [3.8, 4) is 0 Å². The molecule has 1 N–H and O–H groups in total. The molecule has 1 amide bonds. The van der Waals surface area contributed by atoms with E-state index < -0.39 is 0 Å². The lowest BCUT2D eigenvalue weighted by Gasteiger charge is -2.14. The molecule has 0 unspecified atom stereocenters. The van der Waals surface area contributed by atoms with Crippen LogP contribution in [0.3, 0.4) is 0 Å². The van der Waals surface area contributed by atoms with Gasteiger partial charge in [0, 0.05) is 18.0 Å². The van der Waals surface area contributed by atoms with Crippen LogP contribution in [0.15, 0.2) is 24.4 Å². The zero-order valence-corrected chi connectivity index (χ0v) is 12.7. The molecule has 0 radical (unpaired) electrons. The first-order valence-electron chi connectivity index (χ1n) is 6.96. The molecular formula is C15H19N3OS. The number of nitrogens with one attached hydrogen (secondary N) is 1. The monoisotopic (exact) mass is 289 g/mol. The molecule has 0 atom stereocenters. The smallest absolute Gasteiger partial charge is 0.238 e. The highest BCUT2D eigenvalue weighted by molar-refractivity contribution is 7.71. The zero-order valence-electron chi connectivity index (χ0n) is 11.8. The van der Waals surface area contributed by atoms with Gasteiger partial charge in [0.2, 0.25) is 5.91 Å². The normalized spacial score (nSPS) is 10.7. The lowest BCUT2D eigenvalue weighted by Crippen LogP contribution is -2.25. The average molecular weight is 289 g/mol. The molecule has 0 saturated carbocycles. The minimum absolute atomic E-state index is 0.0378. The van der Waals surface area contributed by atoms with Gasteiger partial charge in [-0.2, -0.15) is 0 Å². The number of hydrogen-bond acceptors (Lipinski definition) is 3. The Morgan fingerprint density at radius 3 is 2.90 bits per heavy atom. The second kappa shape index (κ2) is 6.61. The summed E-state index contributed by atoms with van der Waals surface area (Å²) >= 11 is 5.50. The van der Waals surface area contributed by atoms with Gasteiger partial charge < -0.3 is 0 Å². The fourth-order valence-corrected chi connectivity index (χ4v) is 2.45. The minimum Gasteiger partial charge on any atom is -0.273 e. The van der Waals surface area contributed by atoms with E-state index in [1.807, 2.05) is 19.1 Å². The van der Waals surface area contributed by atoms with Crippen LogP contribution >= 0.6 is 12.2 Å². The van der Waals surface area contributed by atoms with Crippen molar-refractivity contribution in [2.75, 3.05) is 5.43 Å². The number of aryl methyl sites for hydroxylation is 1. The summed E-state index contributed by atoms with van der Waals surface area (Å²) < 4.78 is 2.29. The van der Waals surface area contributed by atoms with Crippen molar-refractivity contribution < 1.29 is 4.79 Å². The van der Waals surface area contributed by atoms with Gasteiger partial charge in [-0.25, -0.2) is 9.66 Å². The first-order valence-corrected chi connectivity index (χ1v) is 7.37. The van der Waals surface area contributed by atoms with Gasteiger partial charge in [0.15, 0.2) is 5.65 Å². The van der Waals surface area contributed by atoms with E-state index in [-0.39, 0.29) is 5.91 Å². The average Bonchev–Trinajstić information content (AvgIpc) is 2.44. The van der Waals surface area contributed by atoms with Gasteiger partial charge in [-0.3, -0.25) is 10.2 Å². The maximum Gasteiger partial charge on any atom is 0.238 e. The Kier molecular flexibility index (Phi) is 4.84. The Balaban J connectivity index is 2.56. The van der Waals surface area contributed by atoms with Crippen molar-refractivity contribution in [1.82, 2.24) is 9.66 Å². The third kappa shape index (κ3) is 3.04. The summed E-state index contributed by atoms with van der Waals surface area (Å²) in [6.45, 7) is 4.09. The summed E-state index contributed by atoms with van der Waals surface area (Å²) in [5, 5.41) is 0.987. The maximum atomic E-state index is 11.9. The molecule has 5 heteroatoms. The van der Waals surface area contributed by atoms with Crippen molar-refractivity contribution in [2.45, 2.75) is 39.5 Å². The first-order chi connectivity index (χ1) is 9.67. The first kappa shape index (κ1) is 14.7. The van der Waals surface area contributed by atoms with E-state index in [4.69, 9.17) is 12.2 Å². The van der Waals surface area contributed by atoms with Gasteiger partial charge >= 0.3 is 0 Å². The van der Waals surface area contributed by atoms with Crippen molar-refractivity contribution >= 4 is 29.2 Å². The Bertz CT molecular complexity index is 678. The largest absolute Gasteiger partial charge is 0.273 e. The third-order valence-corrected chi connectivity index (χ3v) is 3.51. The highest BCUT2D eigenvalue weighted by Crippen LogP contribution is 2.16. The highest BCUT2D eigenvalue weighted by Gasteiger charge is 2.09. The predicted octanol–water partition coefficient (Wildman–Crippen LogP) is 3.59. The Labute approximate surface area is 123 Å². The van der Waals surface area contributed by atoms with E-state index in [0.717, 1.165) is 30.2 Å². The van der Waals surface area contributed by atoms with Crippen molar-refractivity contribution in [1.29, 1.82) is 0 Å². The molecule has 2 aromatic rings. The van der Waals surface area contributed by atoms with Crippen molar-refractivity contribution in [3.63, 3.8) is 0 Å². The maximum absolute atomic E-state index is 11.9. The van der Waals surface area contributed by atoms with Crippen LogP contribution in [0.25, 0.3) is 11.0 Å². The Morgan fingerprint density at radius 1 is 1.40 bits per heavy atom.